The molecule has 1 aromatic rings. The lowest BCUT2D eigenvalue weighted by Gasteiger charge is -2.09. The van der Waals surface area contributed by atoms with Crippen LogP contribution in [-0.4, -0.2) is 15.0 Å². The van der Waals surface area contributed by atoms with Crippen LogP contribution in [0.1, 0.15) is 18.4 Å². The van der Waals surface area contributed by atoms with Gasteiger partial charge in [-0.05, 0) is 49.4 Å². The second-order valence-corrected chi connectivity index (χ2v) is 6.69. The lowest BCUT2D eigenvalue weighted by Crippen LogP contribution is -2.01. The summed E-state index contributed by atoms with van der Waals surface area (Å²) in [5.41, 5.74) is 0.794. The van der Waals surface area contributed by atoms with E-state index < -0.39 is 9.05 Å². The van der Waals surface area contributed by atoms with E-state index in [0.717, 1.165) is 11.3 Å². The Morgan fingerprint density at radius 2 is 2.12 bits per heavy atom. The lowest BCUT2D eigenvalue weighted by atomic mass is 10.2. The summed E-state index contributed by atoms with van der Waals surface area (Å²) in [4.78, 5) is 0.116. The Morgan fingerprint density at radius 3 is 2.62 bits per heavy atom. The molecule has 0 spiro atoms. The minimum Gasteiger partial charge on any atom is -0.493 e. The van der Waals surface area contributed by atoms with Crippen LogP contribution in [0.3, 0.4) is 0 Å². The summed E-state index contributed by atoms with van der Waals surface area (Å²) in [6.07, 6.45) is 2.46. The molecule has 16 heavy (non-hydrogen) atoms. The molecule has 0 aromatic heterocycles. The third-order valence-corrected chi connectivity index (χ3v) is 3.95. The zero-order valence-corrected chi connectivity index (χ0v) is 10.5. The van der Waals surface area contributed by atoms with Gasteiger partial charge in [-0.15, -0.1) is 0 Å². The van der Waals surface area contributed by atoms with Crippen molar-refractivity contribution in [3.05, 3.63) is 23.8 Å². The lowest BCUT2D eigenvalue weighted by molar-refractivity contribution is 0.297. The van der Waals surface area contributed by atoms with E-state index in [2.05, 4.69) is 0 Å². The molecule has 5 heteroatoms. The van der Waals surface area contributed by atoms with Crippen LogP contribution in [0.4, 0.5) is 0 Å². The Balaban J connectivity index is 2.15. The highest BCUT2D eigenvalue weighted by atomic mass is 35.7. The van der Waals surface area contributed by atoms with Gasteiger partial charge >= 0.3 is 0 Å². The van der Waals surface area contributed by atoms with Crippen molar-refractivity contribution in [2.24, 2.45) is 5.92 Å². The first-order valence-corrected chi connectivity index (χ1v) is 7.46. The molecular weight excluding hydrogens is 248 g/mol. The summed E-state index contributed by atoms with van der Waals surface area (Å²) in [6.45, 7) is 2.53. The molecule has 0 bridgehead atoms. The van der Waals surface area contributed by atoms with Crippen LogP contribution in [0.15, 0.2) is 23.1 Å². The van der Waals surface area contributed by atoms with Gasteiger partial charge in [0.1, 0.15) is 5.75 Å². The van der Waals surface area contributed by atoms with E-state index in [1.165, 1.54) is 25.0 Å². The first-order chi connectivity index (χ1) is 7.47. The van der Waals surface area contributed by atoms with Crippen molar-refractivity contribution < 1.29 is 13.2 Å². The largest absolute Gasteiger partial charge is 0.493 e. The summed E-state index contributed by atoms with van der Waals surface area (Å²) in [5, 5.41) is 0. The molecule has 0 aliphatic heterocycles. The zero-order valence-electron chi connectivity index (χ0n) is 8.94. The van der Waals surface area contributed by atoms with Gasteiger partial charge in [0.25, 0.3) is 9.05 Å². The maximum atomic E-state index is 11.1. The number of rotatable bonds is 4. The fourth-order valence-corrected chi connectivity index (χ4v) is 2.26. The molecule has 0 atom stereocenters. The topological polar surface area (TPSA) is 43.4 Å². The predicted octanol–water partition coefficient (Wildman–Crippen LogP) is 2.71. The van der Waals surface area contributed by atoms with Crippen LogP contribution in [0.2, 0.25) is 0 Å². The van der Waals surface area contributed by atoms with E-state index in [1.54, 1.807) is 6.07 Å². The number of benzene rings is 1. The number of halogens is 1. The van der Waals surface area contributed by atoms with Gasteiger partial charge in [-0.3, -0.25) is 0 Å². The molecule has 0 amide bonds. The van der Waals surface area contributed by atoms with Crippen molar-refractivity contribution in [2.75, 3.05) is 6.61 Å². The number of hydrogen-bond donors (Lipinski definition) is 0. The summed E-state index contributed by atoms with van der Waals surface area (Å²) in [7, 11) is 1.61. The van der Waals surface area contributed by atoms with Crippen molar-refractivity contribution in [1.82, 2.24) is 0 Å². The van der Waals surface area contributed by atoms with Gasteiger partial charge in [0.05, 0.1) is 11.5 Å². The number of ether oxygens (including phenoxy) is 1. The van der Waals surface area contributed by atoms with Crippen LogP contribution in [0.5, 0.6) is 5.75 Å². The van der Waals surface area contributed by atoms with Crippen LogP contribution in [0, 0.1) is 12.8 Å². The molecule has 88 valence electrons. The molecule has 1 aromatic carbocycles. The molecule has 1 aliphatic carbocycles. The fourth-order valence-electron chi connectivity index (χ4n) is 1.43. The molecule has 3 nitrogen and oxygen atoms in total. The van der Waals surface area contributed by atoms with E-state index >= 15 is 0 Å². The molecule has 1 aliphatic rings. The summed E-state index contributed by atoms with van der Waals surface area (Å²) in [6, 6.07) is 4.66. The third kappa shape index (κ3) is 2.89. The molecular formula is C11H13ClO3S. The maximum absolute atomic E-state index is 11.1. The predicted molar refractivity (Wildman–Crippen MR) is 62.4 cm³/mol. The number of hydrogen-bond acceptors (Lipinski definition) is 3. The standard InChI is InChI=1S/C11H13ClO3S/c1-8-6-10(16(12,13)14)4-5-11(8)15-7-9-2-3-9/h4-6,9H,2-3,7H2,1H3. The van der Waals surface area contributed by atoms with Gasteiger partial charge in [-0.25, -0.2) is 8.42 Å². The van der Waals surface area contributed by atoms with Gasteiger partial charge in [0, 0.05) is 10.7 Å². The zero-order chi connectivity index (χ0) is 11.8. The van der Waals surface area contributed by atoms with Crippen LogP contribution in [0.25, 0.3) is 0 Å². The molecule has 0 radical (unpaired) electrons. The monoisotopic (exact) mass is 260 g/mol. The van der Waals surface area contributed by atoms with E-state index in [4.69, 9.17) is 15.4 Å². The molecule has 0 unspecified atom stereocenters. The highest BCUT2D eigenvalue weighted by Crippen LogP contribution is 2.31. The van der Waals surface area contributed by atoms with Crippen LogP contribution in [-0.2, 0) is 9.05 Å². The average molecular weight is 261 g/mol. The van der Waals surface area contributed by atoms with E-state index in [9.17, 15) is 8.42 Å². The highest BCUT2D eigenvalue weighted by Gasteiger charge is 2.22. The van der Waals surface area contributed by atoms with Gasteiger partial charge in [-0.1, -0.05) is 0 Å². The Morgan fingerprint density at radius 1 is 1.44 bits per heavy atom. The Kier molecular flexibility index (Phi) is 3.13. The van der Waals surface area contributed by atoms with Crippen molar-refractivity contribution >= 4 is 19.7 Å². The molecule has 0 N–H and O–H groups in total. The van der Waals surface area contributed by atoms with Crippen molar-refractivity contribution in [3.63, 3.8) is 0 Å². The van der Waals surface area contributed by atoms with Crippen molar-refractivity contribution in [3.8, 4) is 5.75 Å². The normalized spacial score (nSPS) is 16.1. The minimum absolute atomic E-state index is 0.116. The van der Waals surface area contributed by atoms with E-state index in [1.807, 2.05) is 6.92 Å². The van der Waals surface area contributed by atoms with Crippen LogP contribution < -0.4 is 4.74 Å². The van der Waals surface area contributed by atoms with E-state index in [-0.39, 0.29) is 4.90 Å². The Labute approximate surface area is 99.8 Å². The maximum Gasteiger partial charge on any atom is 0.261 e. The second-order valence-electron chi connectivity index (χ2n) is 4.12. The van der Waals surface area contributed by atoms with E-state index in [0.29, 0.717) is 12.5 Å². The molecule has 2 rings (SSSR count). The van der Waals surface area contributed by atoms with Crippen LogP contribution >= 0.6 is 10.7 Å². The van der Waals surface area contributed by atoms with Gasteiger partial charge < -0.3 is 4.74 Å². The Bertz CT molecular complexity index is 492. The average Bonchev–Trinajstić information content (AvgIpc) is 2.98. The smallest absolute Gasteiger partial charge is 0.261 e. The first-order valence-electron chi connectivity index (χ1n) is 5.15. The third-order valence-electron chi connectivity index (χ3n) is 2.60. The first kappa shape index (κ1) is 11.7. The number of aryl methyl sites for hydroxylation is 1. The molecule has 0 heterocycles. The molecule has 0 saturated heterocycles. The van der Waals surface area contributed by atoms with Gasteiger partial charge in [-0.2, -0.15) is 0 Å². The van der Waals surface area contributed by atoms with Gasteiger partial charge in [0.2, 0.25) is 0 Å². The minimum atomic E-state index is -3.64. The second kappa shape index (κ2) is 4.26. The van der Waals surface area contributed by atoms with Gasteiger partial charge in [0.15, 0.2) is 0 Å². The Hall–Kier alpha value is -0.740. The fraction of sp³-hybridized carbons (Fsp3) is 0.455. The SMILES string of the molecule is Cc1cc(S(=O)(=O)Cl)ccc1OCC1CC1. The summed E-state index contributed by atoms with van der Waals surface area (Å²) < 4.78 is 27.8. The molecule has 1 saturated carbocycles. The summed E-state index contributed by atoms with van der Waals surface area (Å²) >= 11 is 0. The highest BCUT2D eigenvalue weighted by molar-refractivity contribution is 8.13. The summed E-state index contributed by atoms with van der Waals surface area (Å²) in [5.74, 6) is 1.41. The van der Waals surface area contributed by atoms with Crippen molar-refractivity contribution in [2.45, 2.75) is 24.7 Å². The quantitative estimate of drug-likeness (QED) is 0.782. The molecule has 1 fully saturated rings. The van der Waals surface area contributed by atoms with Crippen molar-refractivity contribution in [1.29, 1.82) is 0 Å².